The molecule has 0 N–H and O–H groups in total. The summed E-state index contributed by atoms with van der Waals surface area (Å²) < 4.78 is 197. The summed E-state index contributed by atoms with van der Waals surface area (Å²) in [4.78, 5) is 23.5. The Balaban J connectivity index is 0.000000608. The lowest BCUT2D eigenvalue weighted by Gasteiger charge is -2.38. The second-order valence-corrected chi connectivity index (χ2v) is 26.4. The minimum atomic E-state index is -4.78. The number of rotatable bonds is 20. The molecule has 9 nitrogen and oxygen atoms in total. The molecule has 0 aliphatic carbocycles. The number of methoxy groups -OCH3 is 1. The van der Waals surface area contributed by atoms with Crippen LogP contribution in [0, 0.1) is 0 Å². The van der Waals surface area contributed by atoms with Crippen LogP contribution in [-0.2, 0) is 60.4 Å². The van der Waals surface area contributed by atoms with Crippen LogP contribution in [0.5, 0.6) is 0 Å². The van der Waals surface area contributed by atoms with Gasteiger partial charge in [0.25, 0.3) is 0 Å². The zero-order valence-electron chi connectivity index (χ0n) is 57.4. The summed E-state index contributed by atoms with van der Waals surface area (Å²) in [6.07, 6.45) is -17.1. The molecule has 91 heavy (non-hydrogen) atoms. The molecule has 0 aliphatic rings. The smallest absolute Gasteiger partial charge is 0.458 e. The fourth-order valence-corrected chi connectivity index (χ4v) is 8.65. The summed E-state index contributed by atoms with van der Waals surface area (Å²) in [5.41, 5.74) is -8.70. The Kier molecular flexibility index (Phi) is 30.5. The second-order valence-electron chi connectivity index (χ2n) is 26.4. The topological polar surface area (TPSA) is 98.8 Å². The molecule has 4 rings (SSSR count). The van der Waals surface area contributed by atoms with Gasteiger partial charge in [-0.3, -0.25) is 0 Å². The average molecular weight is 1310 g/mol. The highest BCUT2D eigenvalue weighted by Crippen LogP contribution is 2.47. The first-order valence-electron chi connectivity index (χ1n) is 30.5. The van der Waals surface area contributed by atoms with Crippen molar-refractivity contribution in [3.63, 3.8) is 0 Å². The third-order valence-electron chi connectivity index (χ3n) is 15.6. The first kappa shape index (κ1) is 83.6. The zero-order chi connectivity index (χ0) is 71.0. The molecule has 4 aromatic rings. The summed E-state index contributed by atoms with van der Waals surface area (Å²) in [5, 5.41) is 0. The van der Waals surface area contributed by atoms with Gasteiger partial charge in [0.2, 0.25) is 5.60 Å². The highest BCUT2D eigenvalue weighted by atomic mass is 19.4. The van der Waals surface area contributed by atoms with E-state index in [0.29, 0.717) is 11.8 Å². The number of benzene rings is 4. The van der Waals surface area contributed by atoms with Gasteiger partial charge < -0.3 is 33.2 Å². The molecular weight excluding hydrogens is 1210 g/mol. The van der Waals surface area contributed by atoms with Crippen molar-refractivity contribution in [3.8, 4) is 0 Å². The van der Waals surface area contributed by atoms with Crippen molar-refractivity contribution in [2.75, 3.05) is 13.7 Å². The fraction of sp³-hybridized carbons (Fsp3) is 0.629. The molecule has 0 saturated heterocycles. The van der Waals surface area contributed by atoms with Crippen molar-refractivity contribution in [1.82, 2.24) is 0 Å². The van der Waals surface area contributed by atoms with Gasteiger partial charge in [0.15, 0.2) is 23.1 Å². The molecule has 0 aromatic heterocycles. The molecule has 0 radical (unpaired) electrons. The summed E-state index contributed by atoms with van der Waals surface area (Å²) in [7, 11) is 1.31. The van der Waals surface area contributed by atoms with Crippen molar-refractivity contribution in [2.24, 2.45) is 0 Å². The lowest BCUT2D eigenvalue weighted by atomic mass is 9.90. The number of carbonyl (C=O) groups is 2. The van der Waals surface area contributed by atoms with Crippen LogP contribution >= 0.6 is 0 Å². The molecule has 0 amide bonds. The summed E-state index contributed by atoms with van der Waals surface area (Å²) in [6.45, 7) is 35.2. The van der Waals surface area contributed by atoms with E-state index in [-0.39, 0.29) is 34.1 Å². The highest BCUT2D eigenvalue weighted by Gasteiger charge is 2.58. The summed E-state index contributed by atoms with van der Waals surface area (Å²) >= 11 is 0. The number of ether oxygens (including phenoxy) is 7. The standard InChI is InChI=1S/C19H27F3O3.C18H25F3O3.C17H25F3O.C16H23F3O2/c1-7-13(2)14-8-10-15(11-9-14)18(6,19(20,21)22)24-12-16(23)25-17(3,4)5;1-7-12(2)13-8-10-14(11-9-13)17(6,18(19,20)21)24-15(22)23-16(3,4)5;1-7-12(2)13-8-10-14(11-9-13)16(6,17(18,19)20)21-15(3,4)5;1-6-11(2)13-7-9-14(10-8-13)15(4,16(17,18)19)21-12(3)20-5/h8-11,13H,7,12H2,1-6H3;8-12H,7H2,1-6H3;8-12H,7H2,1-6H3;7-12H,6H2,1-5H3. The van der Waals surface area contributed by atoms with E-state index in [4.69, 9.17) is 33.2 Å². The molecule has 0 saturated carbocycles. The normalized spacial score (nSPS) is 16.9. The Morgan fingerprint density at radius 3 is 0.868 bits per heavy atom. The maximum absolute atomic E-state index is 13.6. The van der Waals surface area contributed by atoms with Gasteiger partial charge in [-0.1, -0.05) is 152 Å². The van der Waals surface area contributed by atoms with Crippen LogP contribution in [0.3, 0.4) is 0 Å². The van der Waals surface area contributed by atoms with Crippen molar-refractivity contribution in [1.29, 1.82) is 0 Å². The lowest BCUT2D eigenvalue weighted by Crippen LogP contribution is -2.46. The molecule has 9 unspecified atom stereocenters. The van der Waals surface area contributed by atoms with E-state index in [9.17, 15) is 62.3 Å². The minimum absolute atomic E-state index is 0.0457. The van der Waals surface area contributed by atoms with Gasteiger partial charge in [-0.05, 0) is 185 Å². The maximum atomic E-state index is 13.6. The Morgan fingerprint density at radius 1 is 0.363 bits per heavy atom. The van der Waals surface area contributed by atoms with Gasteiger partial charge in [-0.25, -0.2) is 9.59 Å². The Hall–Kier alpha value is -5.38. The second kappa shape index (κ2) is 33.1. The van der Waals surface area contributed by atoms with Gasteiger partial charge in [-0.15, -0.1) is 0 Å². The van der Waals surface area contributed by atoms with Gasteiger partial charge >= 0.3 is 36.8 Å². The van der Waals surface area contributed by atoms with Gasteiger partial charge in [0.05, 0.1) is 5.60 Å². The lowest BCUT2D eigenvalue weighted by molar-refractivity contribution is -0.317. The first-order valence-corrected chi connectivity index (χ1v) is 30.5. The predicted molar refractivity (Wildman–Crippen MR) is 332 cm³/mol. The van der Waals surface area contributed by atoms with E-state index < -0.39 is 88.9 Å². The average Bonchev–Trinajstić information content (AvgIpc) is 0.811. The molecule has 0 heterocycles. The number of alkyl halides is 12. The van der Waals surface area contributed by atoms with Crippen LogP contribution in [0.1, 0.15) is 246 Å². The van der Waals surface area contributed by atoms with Gasteiger partial charge in [0.1, 0.15) is 17.8 Å². The molecule has 0 fully saturated rings. The quantitative estimate of drug-likeness (QED) is 0.0487. The van der Waals surface area contributed by atoms with Crippen LogP contribution in [-0.4, -0.2) is 73.6 Å². The number of hydrogen-bond donors (Lipinski definition) is 0. The number of carbonyl (C=O) groups excluding carboxylic acids is 2. The van der Waals surface area contributed by atoms with E-state index in [0.717, 1.165) is 75.6 Å². The van der Waals surface area contributed by atoms with E-state index >= 15 is 0 Å². The molecule has 0 aliphatic heterocycles. The number of esters is 1. The largest absolute Gasteiger partial charge is 0.510 e. The molecule has 0 bridgehead atoms. The van der Waals surface area contributed by atoms with Gasteiger partial charge in [-0.2, -0.15) is 52.7 Å². The van der Waals surface area contributed by atoms with Crippen molar-refractivity contribution < 1.29 is 95.4 Å². The van der Waals surface area contributed by atoms with Crippen LogP contribution in [0.4, 0.5) is 57.5 Å². The van der Waals surface area contributed by atoms with Crippen molar-refractivity contribution in [3.05, 3.63) is 142 Å². The molecule has 21 heteroatoms. The number of halogens is 12. The summed E-state index contributed by atoms with van der Waals surface area (Å²) in [5.74, 6) is 0.311. The van der Waals surface area contributed by atoms with Crippen LogP contribution in [0.25, 0.3) is 0 Å². The van der Waals surface area contributed by atoms with E-state index in [2.05, 4.69) is 13.8 Å². The maximum Gasteiger partial charge on any atom is 0.510 e. The highest BCUT2D eigenvalue weighted by molar-refractivity contribution is 5.71. The third kappa shape index (κ3) is 24.8. The van der Waals surface area contributed by atoms with E-state index in [1.54, 1.807) is 111 Å². The molecule has 0 spiro atoms. The van der Waals surface area contributed by atoms with Crippen LogP contribution in [0.2, 0.25) is 0 Å². The Labute approximate surface area is 533 Å². The fourth-order valence-electron chi connectivity index (χ4n) is 8.65. The Bertz CT molecular complexity index is 2800. The zero-order valence-corrected chi connectivity index (χ0v) is 57.4. The molecular formula is C70H100F12O9. The monoisotopic (exact) mass is 1310 g/mol. The van der Waals surface area contributed by atoms with Crippen molar-refractivity contribution >= 4 is 12.1 Å². The van der Waals surface area contributed by atoms with E-state index in [1.165, 1.54) is 62.6 Å². The van der Waals surface area contributed by atoms with Gasteiger partial charge in [0, 0.05) is 12.7 Å². The molecule has 518 valence electrons. The predicted octanol–water partition coefficient (Wildman–Crippen LogP) is 22.0. The van der Waals surface area contributed by atoms with Crippen molar-refractivity contribution in [2.45, 2.75) is 272 Å². The molecule has 9 atom stereocenters. The summed E-state index contributed by atoms with van der Waals surface area (Å²) in [6, 6.07) is 25.1. The first-order chi connectivity index (χ1) is 41.2. The van der Waals surface area contributed by atoms with E-state index in [1.807, 2.05) is 41.5 Å². The Morgan fingerprint density at radius 2 is 0.626 bits per heavy atom. The SMILES string of the molecule is CCC(C)c1ccc(C(C)(OC(=O)OC(C)(C)C)C(F)(F)F)cc1.CCC(C)c1ccc(C(C)(OC(C)(C)C)C(F)(F)F)cc1.CCC(C)c1ccc(C(C)(OC(C)OC)C(F)(F)F)cc1.CCC(C)c1ccc(C(C)(OCC(=O)OC(C)(C)C)C(F)(F)F)cc1. The van der Waals surface area contributed by atoms with Crippen LogP contribution in [0.15, 0.2) is 97.1 Å². The number of hydrogen-bond acceptors (Lipinski definition) is 9. The third-order valence-corrected chi connectivity index (χ3v) is 15.6. The van der Waals surface area contributed by atoms with Crippen LogP contribution < -0.4 is 0 Å². The minimum Gasteiger partial charge on any atom is -0.458 e. The molecule has 4 aromatic carbocycles.